The third-order valence-electron chi connectivity index (χ3n) is 16.4. The van der Waals surface area contributed by atoms with E-state index in [0.717, 1.165) is 128 Å². The van der Waals surface area contributed by atoms with Gasteiger partial charge in [-0.2, -0.15) is 0 Å². The highest BCUT2D eigenvalue weighted by Gasteiger charge is 2.34. The van der Waals surface area contributed by atoms with Gasteiger partial charge in [0.15, 0.2) is 12.9 Å². The van der Waals surface area contributed by atoms with E-state index in [1.165, 1.54) is 22.3 Å². The first-order chi connectivity index (χ1) is 41.5. The summed E-state index contributed by atoms with van der Waals surface area (Å²) in [5.74, 6) is 0. The molecule has 0 fully saturated rings. The minimum atomic E-state index is 0.829. The van der Waals surface area contributed by atoms with Gasteiger partial charge in [-0.15, -0.1) is 0 Å². The minimum absolute atomic E-state index is 0.829. The minimum Gasteiger partial charge on any atom is -0.454 e. The Bertz CT molecular complexity index is 4620. The second-order valence-electron chi connectivity index (χ2n) is 21.6. The van der Waals surface area contributed by atoms with Crippen LogP contribution in [-0.2, 0) is 0 Å². The number of aryl methyl sites for hydroxylation is 1. The molecule has 1 N–H and O–H groups in total. The van der Waals surface area contributed by atoms with E-state index in [2.05, 4.69) is 339 Å². The molecule has 0 aliphatic carbocycles. The van der Waals surface area contributed by atoms with Crippen LogP contribution < -0.4 is 26.0 Å². The molecule has 1 aromatic heterocycles. The molecule has 0 unspecified atom stereocenters. The maximum absolute atomic E-state index is 7.19. The lowest BCUT2D eigenvalue weighted by Crippen LogP contribution is -2.41. The highest BCUT2D eigenvalue weighted by Crippen LogP contribution is 2.48. The van der Waals surface area contributed by atoms with E-state index in [9.17, 15) is 0 Å². The van der Waals surface area contributed by atoms with Crippen LogP contribution in [0.15, 0.2) is 314 Å². The number of fused-ring (bicyclic) bond motifs is 6. The first-order valence-corrected chi connectivity index (χ1v) is 28.7. The lowest BCUT2D eigenvalue weighted by Gasteiger charge is -2.37. The average molecular weight is 1070 g/mol. The molecule has 0 saturated carbocycles. The van der Waals surface area contributed by atoms with E-state index in [1.807, 2.05) is 0 Å². The van der Waals surface area contributed by atoms with Crippen LogP contribution in [0.5, 0.6) is 0 Å². The van der Waals surface area contributed by atoms with Crippen LogP contribution in [0.25, 0.3) is 88.7 Å². The monoisotopic (exact) mass is 1070 g/mol. The quantitative estimate of drug-likeness (QED) is 0.124. The van der Waals surface area contributed by atoms with Crippen molar-refractivity contribution >= 4 is 85.6 Å². The summed E-state index contributed by atoms with van der Waals surface area (Å²) in [6, 6.07) is 111. The summed E-state index contributed by atoms with van der Waals surface area (Å²) in [6.45, 7) is 2.24. The van der Waals surface area contributed by atoms with Gasteiger partial charge >= 0.3 is 0 Å². The molecule has 5 heteroatoms. The van der Waals surface area contributed by atoms with Crippen molar-refractivity contribution in [2.75, 3.05) is 15.1 Å². The molecule has 0 spiro atoms. The number of benzene rings is 13. The molecular formula is C79H55BN3O. The highest BCUT2D eigenvalue weighted by molar-refractivity contribution is 6.74. The Kier molecular flexibility index (Phi) is 12.9. The zero-order chi connectivity index (χ0) is 55.9. The Morgan fingerprint density at radius 3 is 1.40 bits per heavy atom. The molecular weight excluding hydrogens is 1020 g/mol. The maximum atomic E-state index is 7.19. The number of rotatable bonds is 12. The molecule has 1 aliphatic rings. The molecule has 13 aromatic carbocycles. The molecule has 395 valence electrons. The number of para-hydroxylation sites is 1. The van der Waals surface area contributed by atoms with Crippen LogP contribution in [0.2, 0.25) is 0 Å². The van der Waals surface area contributed by atoms with E-state index in [0.29, 0.717) is 0 Å². The number of hydrogen-bond donors (Lipinski definition) is 1. The van der Waals surface area contributed by atoms with Crippen LogP contribution >= 0.6 is 0 Å². The Morgan fingerprint density at radius 2 is 0.821 bits per heavy atom. The third-order valence-corrected chi connectivity index (χ3v) is 16.4. The normalized spacial score (nSPS) is 11.7. The second-order valence-corrected chi connectivity index (χ2v) is 21.6. The zero-order valence-corrected chi connectivity index (χ0v) is 46.3. The van der Waals surface area contributed by atoms with Crippen LogP contribution in [0, 0.1) is 6.92 Å². The van der Waals surface area contributed by atoms with Crippen LogP contribution in [0.1, 0.15) is 5.56 Å². The van der Waals surface area contributed by atoms with Gasteiger partial charge in [-0.25, -0.2) is 0 Å². The van der Waals surface area contributed by atoms with Gasteiger partial charge in [-0.05, 0) is 170 Å². The van der Waals surface area contributed by atoms with Crippen molar-refractivity contribution in [3.63, 3.8) is 0 Å². The molecule has 1 aliphatic heterocycles. The molecule has 14 aromatic rings. The summed E-state index contributed by atoms with van der Waals surface area (Å²) in [4.78, 5) is 4.85. The average Bonchev–Trinajstić information content (AvgIpc) is 1.86. The lowest BCUT2D eigenvalue weighted by molar-refractivity contribution is 0.669. The molecule has 0 amide bonds. The topological polar surface area (TPSA) is 31.6 Å². The van der Waals surface area contributed by atoms with Crippen molar-refractivity contribution in [1.29, 1.82) is 0 Å². The predicted molar refractivity (Wildman–Crippen MR) is 355 cm³/mol. The van der Waals surface area contributed by atoms with E-state index >= 15 is 0 Å². The Balaban J connectivity index is 0.964. The van der Waals surface area contributed by atoms with Crippen LogP contribution in [0.3, 0.4) is 0 Å². The Hall–Kier alpha value is -10.9. The number of nitrogens with one attached hydrogen (secondary N) is 1. The van der Waals surface area contributed by atoms with Gasteiger partial charge in [-0.3, -0.25) is 0 Å². The molecule has 0 bridgehead atoms. The fraction of sp³-hybridized carbons (Fsp3) is 0.0127. The summed E-state index contributed by atoms with van der Waals surface area (Å²) < 4.78 is 7.19. The molecule has 4 nitrogen and oxygen atoms in total. The Morgan fingerprint density at radius 1 is 0.357 bits per heavy atom. The van der Waals surface area contributed by atoms with Crippen molar-refractivity contribution < 1.29 is 4.42 Å². The van der Waals surface area contributed by atoms with Gasteiger partial charge in [0.25, 0.3) is 0 Å². The summed E-state index contributed by atoms with van der Waals surface area (Å²) in [7, 11) is 2.41. The summed E-state index contributed by atoms with van der Waals surface area (Å²) >= 11 is 0. The van der Waals surface area contributed by atoms with Gasteiger partial charge in [0.05, 0.1) is 5.69 Å². The van der Waals surface area contributed by atoms with E-state index in [4.69, 9.17) is 4.42 Å². The van der Waals surface area contributed by atoms with E-state index < -0.39 is 0 Å². The van der Waals surface area contributed by atoms with Crippen molar-refractivity contribution in [3.8, 4) is 66.8 Å². The smallest absolute Gasteiger partial charge is 0.198 e. The first-order valence-electron chi connectivity index (χ1n) is 28.7. The van der Waals surface area contributed by atoms with Crippen molar-refractivity contribution in [3.05, 3.63) is 315 Å². The van der Waals surface area contributed by atoms with Crippen molar-refractivity contribution in [2.24, 2.45) is 0 Å². The van der Waals surface area contributed by atoms with Gasteiger partial charge in [-0.1, -0.05) is 224 Å². The Labute approximate surface area is 491 Å². The standard InChI is InChI=1S/C79H55BN3O/c1-53-48-62(57-26-13-5-14-27-57)39-46-74(53)83-75-47-44-67(82(65-40-34-59(35-41-65)54-20-7-2-8-21-54)66-42-36-60(37-43-66)55-22-9-3-10-23-55)51-72(75)80-77-70(52-71-68-32-17-18-33-76(68)84-79(71)78(77)83)69-50-63(58-28-15-6-16-29-58)38-45-73(69)81-64-31-19-30-61(49-64)56-24-11-4-12-25-56/h2-52,81H,1H3. The largest absolute Gasteiger partial charge is 0.454 e. The third kappa shape index (κ3) is 9.38. The number of nitrogens with zero attached hydrogens (tertiary/aromatic N) is 2. The second kappa shape index (κ2) is 21.5. The molecule has 0 atom stereocenters. The summed E-state index contributed by atoms with van der Waals surface area (Å²) in [5, 5.41) is 6.07. The SMILES string of the molecule is Cc1cc(-c2ccccc2)ccc1N1c2ccc(N(c3ccc(-c4ccccc4)cc3)c3ccc(-c4ccccc4)cc3)cc2[B]c2c(-c3cc(-c4ccccc4)ccc3Nc3cccc(-c4ccccc4)c3)cc3c(oc4ccccc43)c21. The van der Waals surface area contributed by atoms with E-state index in [-0.39, 0.29) is 0 Å². The van der Waals surface area contributed by atoms with Crippen molar-refractivity contribution in [2.45, 2.75) is 6.92 Å². The molecule has 2 heterocycles. The lowest BCUT2D eigenvalue weighted by atomic mass is 9.57. The number of hydrogen-bond acceptors (Lipinski definition) is 4. The van der Waals surface area contributed by atoms with Gasteiger partial charge in [0.1, 0.15) is 5.58 Å². The van der Waals surface area contributed by atoms with E-state index in [1.54, 1.807) is 0 Å². The molecule has 1 radical (unpaired) electrons. The fourth-order valence-electron chi connectivity index (χ4n) is 12.3. The summed E-state index contributed by atoms with van der Waals surface area (Å²) in [6.07, 6.45) is 0. The zero-order valence-electron chi connectivity index (χ0n) is 46.3. The summed E-state index contributed by atoms with van der Waals surface area (Å²) in [5.41, 5.74) is 26.9. The molecule has 15 rings (SSSR count). The molecule has 84 heavy (non-hydrogen) atoms. The number of anilines is 8. The highest BCUT2D eigenvalue weighted by atomic mass is 16.3. The molecule has 0 saturated heterocycles. The van der Waals surface area contributed by atoms with Crippen molar-refractivity contribution in [1.82, 2.24) is 0 Å². The predicted octanol–water partition coefficient (Wildman–Crippen LogP) is 20.5. The number of furan rings is 1. The van der Waals surface area contributed by atoms with Crippen LogP contribution in [0.4, 0.5) is 45.5 Å². The first kappa shape index (κ1) is 50.1. The maximum Gasteiger partial charge on any atom is 0.198 e. The van der Waals surface area contributed by atoms with Gasteiger partial charge in [0.2, 0.25) is 0 Å². The van der Waals surface area contributed by atoms with Gasteiger partial charge < -0.3 is 19.5 Å². The van der Waals surface area contributed by atoms with Crippen LogP contribution in [-0.4, -0.2) is 7.28 Å². The van der Waals surface area contributed by atoms with Gasteiger partial charge in [0, 0.05) is 56.1 Å². The fourth-order valence-corrected chi connectivity index (χ4v) is 12.3.